The van der Waals surface area contributed by atoms with Crippen LogP contribution in [0.4, 0.5) is 25.8 Å². The molecule has 3 aromatic rings. The van der Waals surface area contributed by atoms with E-state index in [-0.39, 0.29) is 11.9 Å². The Hall–Kier alpha value is -2.92. The van der Waals surface area contributed by atoms with Gasteiger partial charge in [-0.1, -0.05) is 30.3 Å². The molecular weight excluding hydrogens is 548 g/mol. The first-order chi connectivity index (χ1) is 16.7. The number of nitrogens with one attached hydrogen (secondary N) is 2. The van der Waals surface area contributed by atoms with Gasteiger partial charge in [0, 0.05) is 39.4 Å². The first-order valence-electron chi connectivity index (χ1n) is 10.5. The fraction of sp³-hybridized carbons (Fsp3) is 0.208. The summed E-state index contributed by atoms with van der Waals surface area (Å²) in [5.74, 6) is -0.573. The quantitative estimate of drug-likeness (QED) is 0.229. The standard InChI is InChI=1S/C24H21BrClF2N3O4/c25-19-10-15(22(32)31-16-6-8-17(9-7-16)35-24(26,27)28)11-20(29)21(19)30-12-18-13-33-23(34-18)14-4-2-1-3-5-14/h1-11,18,23,30H,12-13,29H2,(H,31,32)/t18-,23?/m0/s1. The van der Waals surface area contributed by atoms with Crippen molar-refractivity contribution in [3.8, 4) is 5.75 Å². The number of amides is 1. The second-order valence-electron chi connectivity index (χ2n) is 7.66. The van der Waals surface area contributed by atoms with Gasteiger partial charge in [0.25, 0.3) is 5.91 Å². The number of ether oxygens (including phenoxy) is 3. The maximum atomic E-state index is 12.7. The fourth-order valence-corrected chi connectivity index (χ4v) is 4.15. The molecule has 1 aliphatic rings. The van der Waals surface area contributed by atoms with Crippen molar-refractivity contribution in [1.82, 2.24) is 0 Å². The number of carbonyl (C=O) groups is 1. The van der Waals surface area contributed by atoms with Gasteiger partial charge in [-0.2, -0.15) is 0 Å². The Balaban J connectivity index is 1.34. The predicted octanol–water partition coefficient (Wildman–Crippen LogP) is 5.98. The summed E-state index contributed by atoms with van der Waals surface area (Å²) in [6, 6.07) is 18.2. The fourth-order valence-electron chi connectivity index (χ4n) is 3.44. The van der Waals surface area contributed by atoms with Gasteiger partial charge in [0.15, 0.2) is 6.29 Å². The van der Waals surface area contributed by atoms with Crippen LogP contribution in [0.15, 0.2) is 71.2 Å². The molecule has 0 saturated carbocycles. The third kappa shape index (κ3) is 6.82. The summed E-state index contributed by atoms with van der Waals surface area (Å²) in [5.41, 5.74) is 4.99. The van der Waals surface area contributed by atoms with E-state index in [9.17, 15) is 13.6 Å². The number of nitrogens with two attached hydrogens (primary N) is 1. The lowest BCUT2D eigenvalue weighted by Gasteiger charge is -2.16. The van der Waals surface area contributed by atoms with Crippen LogP contribution in [0.2, 0.25) is 0 Å². The highest BCUT2D eigenvalue weighted by molar-refractivity contribution is 9.10. The van der Waals surface area contributed by atoms with E-state index >= 15 is 0 Å². The summed E-state index contributed by atoms with van der Waals surface area (Å²) >= 11 is 8.20. The maximum absolute atomic E-state index is 12.7. The number of rotatable bonds is 8. The number of alkyl halides is 3. The van der Waals surface area contributed by atoms with Crippen molar-refractivity contribution in [1.29, 1.82) is 0 Å². The average Bonchev–Trinajstić information content (AvgIpc) is 3.28. The zero-order valence-electron chi connectivity index (χ0n) is 18.1. The number of nitrogen functional groups attached to an aromatic ring is 1. The van der Waals surface area contributed by atoms with Crippen molar-refractivity contribution in [2.75, 3.05) is 29.5 Å². The minimum Gasteiger partial charge on any atom is -0.420 e. The second-order valence-corrected chi connectivity index (χ2v) is 8.96. The Morgan fingerprint density at radius 2 is 1.89 bits per heavy atom. The van der Waals surface area contributed by atoms with Crippen molar-refractivity contribution < 1.29 is 27.8 Å². The topological polar surface area (TPSA) is 94.8 Å². The SMILES string of the molecule is Nc1cc(C(=O)Nc2ccc(OC(F)(F)Cl)cc2)cc(Br)c1NC[C@H]1COC(c2ccccc2)O1. The monoisotopic (exact) mass is 567 g/mol. The number of halogens is 4. The van der Waals surface area contributed by atoms with E-state index in [4.69, 9.17) is 26.8 Å². The lowest BCUT2D eigenvalue weighted by Crippen LogP contribution is -2.22. The Morgan fingerprint density at radius 1 is 1.17 bits per heavy atom. The number of hydrogen-bond acceptors (Lipinski definition) is 6. The van der Waals surface area contributed by atoms with E-state index in [0.717, 1.165) is 5.56 Å². The molecule has 1 unspecified atom stereocenters. The number of benzene rings is 3. The summed E-state index contributed by atoms with van der Waals surface area (Å²) < 4.78 is 42.0. The molecule has 0 aliphatic carbocycles. The van der Waals surface area contributed by atoms with Crippen molar-refractivity contribution >= 4 is 50.5 Å². The highest BCUT2D eigenvalue weighted by atomic mass is 79.9. The number of anilines is 3. The summed E-state index contributed by atoms with van der Waals surface area (Å²) in [7, 11) is 0. The van der Waals surface area contributed by atoms with E-state index < -0.39 is 17.8 Å². The lowest BCUT2D eigenvalue weighted by molar-refractivity contribution is -0.0964. The molecule has 0 aromatic heterocycles. The summed E-state index contributed by atoms with van der Waals surface area (Å²) in [6.45, 7) is 0.879. The second kappa shape index (κ2) is 10.8. The Kier molecular flexibility index (Phi) is 7.75. The van der Waals surface area contributed by atoms with Crippen LogP contribution < -0.4 is 21.1 Å². The molecule has 4 rings (SSSR count). The molecule has 1 heterocycles. The van der Waals surface area contributed by atoms with Crippen LogP contribution in [0.25, 0.3) is 0 Å². The Bertz CT molecular complexity index is 1160. The first-order valence-corrected chi connectivity index (χ1v) is 11.7. The van der Waals surface area contributed by atoms with Crippen LogP contribution in [0.1, 0.15) is 22.2 Å². The van der Waals surface area contributed by atoms with Gasteiger partial charge >= 0.3 is 5.57 Å². The van der Waals surface area contributed by atoms with Crippen molar-refractivity contribution in [2.45, 2.75) is 18.0 Å². The number of hydrogen-bond donors (Lipinski definition) is 3. The molecule has 1 amide bonds. The molecule has 4 N–H and O–H groups in total. The molecule has 0 spiro atoms. The molecule has 1 saturated heterocycles. The van der Waals surface area contributed by atoms with E-state index in [1.165, 1.54) is 30.3 Å². The van der Waals surface area contributed by atoms with Gasteiger partial charge in [0.05, 0.1) is 18.0 Å². The summed E-state index contributed by atoms with van der Waals surface area (Å²) in [5, 5.41) is 5.91. The molecule has 184 valence electrons. The highest BCUT2D eigenvalue weighted by Gasteiger charge is 2.28. The smallest absolute Gasteiger partial charge is 0.420 e. The molecule has 1 fully saturated rings. The van der Waals surface area contributed by atoms with Crippen molar-refractivity contribution in [2.24, 2.45) is 0 Å². The normalized spacial score (nSPS) is 17.7. The van der Waals surface area contributed by atoms with Gasteiger partial charge in [0.2, 0.25) is 0 Å². The average molecular weight is 569 g/mol. The highest BCUT2D eigenvalue weighted by Crippen LogP contribution is 2.33. The van der Waals surface area contributed by atoms with Gasteiger partial charge in [0.1, 0.15) is 11.9 Å². The third-order valence-electron chi connectivity index (χ3n) is 5.06. The molecule has 0 radical (unpaired) electrons. The minimum absolute atomic E-state index is 0.142. The van der Waals surface area contributed by atoms with Gasteiger partial charge in [-0.05, 0) is 52.3 Å². The van der Waals surface area contributed by atoms with Crippen LogP contribution in [-0.2, 0) is 9.47 Å². The van der Waals surface area contributed by atoms with E-state index in [1.807, 2.05) is 30.3 Å². The summed E-state index contributed by atoms with van der Waals surface area (Å²) in [4.78, 5) is 12.7. The van der Waals surface area contributed by atoms with Gasteiger partial charge < -0.3 is 30.6 Å². The maximum Gasteiger partial charge on any atom is 0.487 e. The number of carbonyl (C=O) groups excluding carboxylic acids is 1. The molecule has 35 heavy (non-hydrogen) atoms. The minimum atomic E-state index is -3.81. The molecule has 7 nitrogen and oxygen atoms in total. The largest absolute Gasteiger partial charge is 0.487 e. The zero-order chi connectivity index (χ0) is 25.0. The van der Waals surface area contributed by atoms with Crippen LogP contribution in [0.3, 0.4) is 0 Å². The molecule has 11 heteroatoms. The first kappa shape index (κ1) is 25.2. The van der Waals surface area contributed by atoms with Gasteiger partial charge in [-0.3, -0.25) is 4.79 Å². The van der Waals surface area contributed by atoms with E-state index in [1.54, 1.807) is 6.07 Å². The molecule has 2 atom stereocenters. The lowest BCUT2D eigenvalue weighted by atomic mass is 10.1. The Morgan fingerprint density at radius 3 is 2.54 bits per heavy atom. The van der Waals surface area contributed by atoms with Crippen LogP contribution in [-0.4, -0.2) is 30.7 Å². The molecule has 1 aliphatic heterocycles. The van der Waals surface area contributed by atoms with E-state index in [0.29, 0.717) is 40.2 Å². The van der Waals surface area contributed by atoms with Crippen molar-refractivity contribution in [3.05, 3.63) is 82.3 Å². The van der Waals surface area contributed by atoms with E-state index in [2.05, 4.69) is 31.3 Å². The molecular formula is C24H21BrClF2N3O4. The van der Waals surface area contributed by atoms with Crippen LogP contribution in [0, 0.1) is 0 Å². The summed E-state index contributed by atoms with van der Waals surface area (Å²) in [6.07, 6.45) is -0.595. The van der Waals surface area contributed by atoms with Crippen LogP contribution in [0.5, 0.6) is 5.75 Å². The predicted molar refractivity (Wildman–Crippen MR) is 133 cm³/mol. The van der Waals surface area contributed by atoms with Crippen LogP contribution >= 0.6 is 27.5 Å². The van der Waals surface area contributed by atoms with Gasteiger partial charge in [-0.15, -0.1) is 8.78 Å². The van der Waals surface area contributed by atoms with Crippen molar-refractivity contribution in [3.63, 3.8) is 0 Å². The molecule has 0 bridgehead atoms. The zero-order valence-corrected chi connectivity index (χ0v) is 20.5. The third-order valence-corrected chi connectivity index (χ3v) is 5.76. The molecule has 3 aromatic carbocycles. The Labute approximate surface area is 213 Å². The van der Waals surface area contributed by atoms with Gasteiger partial charge in [-0.25, -0.2) is 0 Å².